The van der Waals surface area contributed by atoms with Crippen LogP contribution < -0.4 is 10.9 Å². The second kappa shape index (κ2) is 6.05. The van der Waals surface area contributed by atoms with Crippen molar-refractivity contribution >= 4 is 27.5 Å². The first-order chi connectivity index (χ1) is 10.9. The van der Waals surface area contributed by atoms with Crippen molar-refractivity contribution in [2.75, 3.05) is 13.6 Å². The van der Waals surface area contributed by atoms with Gasteiger partial charge in [-0.1, -0.05) is 13.8 Å². The van der Waals surface area contributed by atoms with Crippen molar-refractivity contribution < 1.29 is 4.79 Å². The van der Waals surface area contributed by atoms with E-state index in [9.17, 15) is 9.59 Å². The summed E-state index contributed by atoms with van der Waals surface area (Å²) in [5, 5.41) is 5.18. The van der Waals surface area contributed by atoms with Crippen LogP contribution in [0, 0.1) is 5.41 Å². The van der Waals surface area contributed by atoms with Gasteiger partial charge in [0, 0.05) is 7.05 Å². The van der Waals surface area contributed by atoms with Crippen LogP contribution in [0.3, 0.4) is 0 Å². The number of fused-ring (bicyclic) bond motifs is 1. The van der Waals surface area contributed by atoms with Crippen LogP contribution in [0.2, 0.25) is 0 Å². The maximum Gasteiger partial charge on any atom is 0.268 e. The van der Waals surface area contributed by atoms with Crippen LogP contribution in [0.1, 0.15) is 32.5 Å². The van der Waals surface area contributed by atoms with E-state index in [1.807, 2.05) is 11.4 Å². The summed E-state index contributed by atoms with van der Waals surface area (Å²) < 4.78 is 0.623. The monoisotopic (exact) mass is 334 g/mol. The van der Waals surface area contributed by atoms with Crippen molar-refractivity contribution in [3.63, 3.8) is 0 Å². The molecule has 2 aromatic heterocycles. The SMILES string of the molecule is CN(Cc1nc2ccsc2c(=O)[nH]1)C(=O)C1NCCCC1(C)C. The maximum atomic E-state index is 12.8. The predicted octanol–water partition coefficient (Wildman–Crippen LogP) is 1.72. The molecule has 1 unspecified atom stereocenters. The van der Waals surface area contributed by atoms with Crippen molar-refractivity contribution in [1.29, 1.82) is 0 Å². The van der Waals surface area contributed by atoms with Gasteiger partial charge in [-0.15, -0.1) is 11.3 Å². The van der Waals surface area contributed by atoms with E-state index >= 15 is 0 Å². The molecule has 0 radical (unpaired) electrons. The molecule has 0 spiro atoms. The largest absolute Gasteiger partial charge is 0.337 e. The first kappa shape index (κ1) is 16.1. The summed E-state index contributed by atoms with van der Waals surface area (Å²) in [6.07, 6.45) is 2.12. The summed E-state index contributed by atoms with van der Waals surface area (Å²) in [6, 6.07) is 1.63. The first-order valence-corrected chi connectivity index (χ1v) is 8.71. The molecule has 1 saturated heterocycles. The number of rotatable bonds is 3. The van der Waals surface area contributed by atoms with Gasteiger partial charge < -0.3 is 15.2 Å². The molecule has 0 aliphatic carbocycles. The molecule has 124 valence electrons. The van der Waals surface area contributed by atoms with Crippen molar-refractivity contribution in [2.24, 2.45) is 5.41 Å². The number of H-pyrrole nitrogens is 1. The number of hydrogen-bond donors (Lipinski definition) is 2. The molecule has 3 heterocycles. The zero-order valence-corrected chi connectivity index (χ0v) is 14.5. The Hall–Kier alpha value is -1.73. The number of aromatic amines is 1. The van der Waals surface area contributed by atoms with E-state index in [4.69, 9.17) is 0 Å². The minimum absolute atomic E-state index is 0.0442. The normalized spacial score (nSPS) is 20.6. The van der Waals surface area contributed by atoms with Gasteiger partial charge in [0.25, 0.3) is 5.56 Å². The molecule has 0 aromatic carbocycles. The molecule has 1 fully saturated rings. The lowest BCUT2D eigenvalue weighted by Crippen LogP contribution is -2.55. The van der Waals surface area contributed by atoms with Gasteiger partial charge in [0.2, 0.25) is 5.91 Å². The van der Waals surface area contributed by atoms with Gasteiger partial charge in [0.1, 0.15) is 10.5 Å². The summed E-state index contributed by atoms with van der Waals surface area (Å²) in [6.45, 7) is 5.40. The Morgan fingerprint density at radius 2 is 2.30 bits per heavy atom. The molecule has 3 rings (SSSR count). The number of nitrogens with zero attached hydrogens (tertiary/aromatic N) is 2. The molecule has 6 nitrogen and oxygen atoms in total. The number of thiophene rings is 1. The van der Waals surface area contributed by atoms with E-state index in [-0.39, 0.29) is 22.9 Å². The van der Waals surface area contributed by atoms with Crippen LogP contribution >= 0.6 is 11.3 Å². The Balaban J connectivity index is 1.78. The van der Waals surface area contributed by atoms with E-state index in [2.05, 4.69) is 29.1 Å². The lowest BCUT2D eigenvalue weighted by atomic mass is 9.77. The Morgan fingerprint density at radius 1 is 1.52 bits per heavy atom. The van der Waals surface area contributed by atoms with E-state index < -0.39 is 0 Å². The smallest absolute Gasteiger partial charge is 0.268 e. The highest BCUT2D eigenvalue weighted by molar-refractivity contribution is 7.17. The van der Waals surface area contributed by atoms with Gasteiger partial charge in [0.05, 0.1) is 18.1 Å². The Kier molecular flexibility index (Phi) is 4.25. The lowest BCUT2D eigenvalue weighted by molar-refractivity contribution is -0.136. The Labute approximate surface area is 138 Å². The molecule has 1 aliphatic rings. The molecule has 0 saturated carbocycles. The number of amides is 1. The number of nitrogens with one attached hydrogen (secondary N) is 2. The summed E-state index contributed by atoms with van der Waals surface area (Å²) in [5.41, 5.74) is 0.476. The molecule has 2 N–H and O–H groups in total. The number of piperidine rings is 1. The maximum absolute atomic E-state index is 12.8. The number of carbonyl (C=O) groups is 1. The zero-order valence-electron chi connectivity index (χ0n) is 13.7. The van der Waals surface area contributed by atoms with Crippen molar-refractivity contribution in [1.82, 2.24) is 20.2 Å². The number of aromatic nitrogens is 2. The van der Waals surface area contributed by atoms with Gasteiger partial charge in [-0.3, -0.25) is 9.59 Å². The summed E-state index contributed by atoms with van der Waals surface area (Å²) in [7, 11) is 1.76. The third kappa shape index (κ3) is 3.16. The predicted molar refractivity (Wildman–Crippen MR) is 91.5 cm³/mol. The average Bonchev–Trinajstić information content (AvgIpc) is 2.95. The van der Waals surface area contributed by atoms with Crippen LogP contribution in [-0.4, -0.2) is 40.4 Å². The van der Waals surface area contributed by atoms with Gasteiger partial charge in [-0.2, -0.15) is 0 Å². The fraction of sp³-hybridized carbons (Fsp3) is 0.562. The molecular weight excluding hydrogens is 312 g/mol. The van der Waals surface area contributed by atoms with Crippen LogP contribution in [0.25, 0.3) is 10.2 Å². The highest BCUT2D eigenvalue weighted by Gasteiger charge is 2.38. The fourth-order valence-corrected chi connectivity index (χ4v) is 3.88. The minimum atomic E-state index is -0.196. The molecular formula is C16H22N4O2S. The number of carbonyl (C=O) groups excluding carboxylic acids is 1. The van der Waals surface area contributed by atoms with Crippen LogP contribution in [0.15, 0.2) is 16.2 Å². The van der Waals surface area contributed by atoms with E-state index in [0.29, 0.717) is 22.6 Å². The van der Waals surface area contributed by atoms with Crippen molar-refractivity contribution in [3.8, 4) is 0 Å². The second-order valence-electron chi connectivity index (χ2n) is 6.82. The van der Waals surface area contributed by atoms with E-state index in [1.165, 1.54) is 11.3 Å². The third-order valence-electron chi connectivity index (χ3n) is 4.50. The van der Waals surface area contributed by atoms with Crippen LogP contribution in [0.4, 0.5) is 0 Å². The molecule has 1 amide bonds. The highest BCUT2D eigenvalue weighted by atomic mass is 32.1. The average molecular weight is 334 g/mol. The Morgan fingerprint density at radius 3 is 3.04 bits per heavy atom. The fourth-order valence-electron chi connectivity index (χ4n) is 3.15. The third-order valence-corrected chi connectivity index (χ3v) is 5.40. The zero-order chi connectivity index (χ0) is 16.6. The molecule has 1 atom stereocenters. The molecule has 0 bridgehead atoms. The second-order valence-corrected chi connectivity index (χ2v) is 7.74. The minimum Gasteiger partial charge on any atom is -0.337 e. The molecule has 2 aromatic rings. The summed E-state index contributed by atoms with van der Waals surface area (Å²) in [4.78, 5) is 33.6. The number of likely N-dealkylation sites (N-methyl/N-ethyl adjacent to an activating group) is 1. The van der Waals surface area contributed by atoms with Gasteiger partial charge in [0.15, 0.2) is 0 Å². The number of hydrogen-bond acceptors (Lipinski definition) is 5. The van der Waals surface area contributed by atoms with Crippen molar-refractivity contribution in [2.45, 2.75) is 39.3 Å². The molecule has 1 aliphatic heterocycles. The topological polar surface area (TPSA) is 78.1 Å². The van der Waals surface area contributed by atoms with Gasteiger partial charge >= 0.3 is 0 Å². The van der Waals surface area contributed by atoms with Crippen molar-refractivity contribution in [3.05, 3.63) is 27.6 Å². The standard InChI is InChI=1S/C16H22N4O2S/c1-16(2)6-4-7-17-13(16)15(22)20(3)9-11-18-10-5-8-23-12(10)14(21)19-11/h5,8,13,17H,4,6-7,9H2,1-3H3,(H,18,19,21). The first-order valence-electron chi connectivity index (χ1n) is 7.83. The van der Waals surface area contributed by atoms with Crippen LogP contribution in [-0.2, 0) is 11.3 Å². The quantitative estimate of drug-likeness (QED) is 0.896. The van der Waals surface area contributed by atoms with E-state index in [1.54, 1.807) is 11.9 Å². The summed E-state index contributed by atoms with van der Waals surface area (Å²) >= 11 is 1.37. The molecule has 7 heteroatoms. The van der Waals surface area contributed by atoms with Gasteiger partial charge in [-0.05, 0) is 36.2 Å². The Bertz CT molecular complexity index is 780. The molecule has 23 heavy (non-hydrogen) atoms. The summed E-state index contributed by atoms with van der Waals surface area (Å²) in [5.74, 6) is 0.563. The highest BCUT2D eigenvalue weighted by Crippen LogP contribution is 2.31. The lowest BCUT2D eigenvalue weighted by Gasteiger charge is -2.40. The van der Waals surface area contributed by atoms with E-state index in [0.717, 1.165) is 19.4 Å². The van der Waals surface area contributed by atoms with Crippen LogP contribution in [0.5, 0.6) is 0 Å². The van der Waals surface area contributed by atoms with Gasteiger partial charge in [-0.25, -0.2) is 4.98 Å².